The van der Waals surface area contributed by atoms with E-state index in [0.29, 0.717) is 26.4 Å². The number of fused-ring (bicyclic) bond motifs is 1. The number of anilines is 1. The van der Waals surface area contributed by atoms with Crippen LogP contribution in [0.15, 0.2) is 72.3 Å². The summed E-state index contributed by atoms with van der Waals surface area (Å²) in [4.78, 5) is 32.1. The zero-order chi connectivity index (χ0) is 23.3. The first kappa shape index (κ1) is 21.3. The number of carbonyl (C=O) groups is 2. The van der Waals surface area contributed by atoms with E-state index < -0.39 is 23.5 Å². The molecule has 1 N–H and O–H groups in total. The molecule has 0 spiro atoms. The summed E-state index contributed by atoms with van der Waals surface area (Å²) in [6.07, 6.45) is 0. The van der Waals surface area contributed by atoms with Gasteiger partial charge in [-0.15, -0.1) is 0 Å². The van der Waals surface area contributed by atoms with Crippen molar-refractivity contribution in [3.8, 4) is 0 Å². The Hall–Kier alpha value is -3.55. The summed E-state index contributed by atoms with van der Waals surface area (Å²) in [5.41, 5.74) is 2.39. The van der Waals surface area contributed by atoms with E-state index in [1.54, 1.807) is 36.4 Å². The molecule has 0 unspecified atom stereocenters. The fourth-order valence-electron chi connectivity index (χ4n) is 3.88. The number of ketones is 1. The Morgan fingerprint density at radius 2 is 1.85 bits per heavy atom. The van der Waals surface area contributed by atoms with E-state index in [9.17, 15) is 19.1 Å². The summed E-state index contributed by atoms with van der Waals surface area (Å²) >= 11 is 7.30. The van der Waals surface area contributed by atoms with E-state index in [2.05, 4.69) is 4.98 Å². The van der Waals surface area contributed by atoms with E-state index >= 15 is 0 Å². The summed E-state index contributed by atoms with van der Waals surface area (Å²) in [5, 5.41) is 11.8. The Bertz CT molecular complexity index is 1460. The molecule has 4 aromatic rings. The maximum absolute atomic E-state index is 13.7. The fraction of sp³-hybridized carbons (Fsp3) is 0.0800. The lowest BCUT2D eigenvalue weighted by Gasteiger charge is -2.23. The molecule has 8 heteroatoms. The lowest BCUT2D eigenvalue weighted by molar-refractivity contribution is -0.132. The van der Waals surface area contributed by atoms with Gasteiger partial charge in [-0.3, -0.25) is 14.5 Å². The molecule has 0 bridgehead atoms. The van der Waals surface area contributed by atoms with Gasteiger partial charge < -0.3 is 5.11 Å². The Kier molecular flexibility index (Phi) is 5.23. The summed E-state index contributed by atoms with van der Waals surface area (Å²) in [7, 11) is 0. The highest BCUT2D eigenvalue weighted by Crippen LogP contribution is 2.44. The third-order valence-electron chi connectivity index (χ3n) is 5.48. The van der Waals surface area contributed by atoms with Gasteiger partial charge in [0.05, 0.1) is 21.8 Å². The highest BCUT2D eigenvalue weighted by molar-refractivity contribution is 7.22. The van der Waals surface area contributed by atoms with Gasteiger partial charge in [-0.05, 0) is 42.8 Å². The Morgan fingerprint density at radius 1 is 1.09 bits per heavy atom. The van der Waals surface area contributed by atoms with Crippen LogP contribution in [0.4, 0.5) is 9.52 Å². The molecule has 5 nitrogen and oxygen atoms in total. The Morgan fingerprint density at radius 3 is 2.58 bits per heavy atom. The number of rotatable bonds is 3. The molecule has 1 fully saturated rings. The van der Waals surface area contributed by atoms with Gasteiger partial charge in [0, 0.05) is 10.6 Å². The minimum atomic E-state index is -0.949. The van der Waals surface area contributed by atoms with E-state index in [1.165, 1.54) is 23.1 Å². The van der Waals surface area contributed by atoms with Crippen LogP contribution in [-0.4, -0.2) is 21.8 Å². The number of aromatic nitrogens is 1. The van der Waals surface area contributed by atoms with Crippen LogP contribution in [0.5, 0.6) is 0 Å². The number of thiazole rings is 1. The van der Waals surface area contributed by atoms with Crippen LogP contribution in [-0.2, 0) is 9.59 Å². The van der Waals surface area contributed by atoms with Gasteiger partial charge in [0.1, 0.15) is 11.6 Å². The third kappa shape index (κ3) is 3.69. The van der Waals surface area contributed by atoms with Crippen molar-refractivity contribution in [1.29, 1.82) is 0 Å². The van der Waals surface area contributed by atoms with Gasteiger partial charge in [0.25, 0.3) is 5.78 Å². The highest BCUT2D eigenvalue weighted by Gasteiger charge is 2.48. The van der Waals surface area contributed by atoms with Gasteiger partial charge >= 0.3 is 5.91 Å². The quantitative estimate of drug-likeness (QED) is 0.222. The van der Waals surface area contributed by atoms with Crippen molar-refractivity contribution in [2.75, 3.05) is 4.90 Å². The number of Topliss-reactive ketones (excluding diaryl/α,β-unsaturated/α-hetero) is 1. The number of nitrogens with zero attached hydrogens (tertiary/aromatic N) is 2. The van der Waals surface area contributed by atoms with Crippen LogP contribution in [0, 0.1) is 12.7 Å². The molecule has 1 atom stereocenters. The smallest absolute Gasteiger partial charge is 0.301 e. The number of hydrogen-bond acceptors (Lipinski definition) is 5. The van der Waals surface area contributed by atoms with Crippen LogP contribution < -0.4 is 4.90 Å². The van der Waals surface area contributed by atoms with E-state index in [0.717, 1.165) is 16.9 Å². The van der Waals surface area contributed by atoms with Crippen LogP contribution in [0.3, 0.4) is 0 Å². The van der Waals surface area contributed by atoms with E-state index in [1.807, 2.05) is 19.1 Å². The van der Waals surface area contributed by atoms with E-state index in [4.69, 9.17) is 11.6 Å². The maximum Gasteiger partial charge on any atom is 0.301 e. The van der Waals surface area contributed by atoms with Gasteiger partial charge in [-0.1, -0.05) is 64.9 Å². The monoisotopic (exact) mass is 478 g/mol. The SMILES string of the molecule is Cc1ccc(/C(O)=C2\C(=O)C(=O)N(c3nc4ccc(F)cc4s3)[C@H]2c2cccc(Cl)c2)cc1. The van der Waals surface area contributed by atoms with E-state index in [-0.39, 0.29) is 16.5 Å². The first-order chi connectivity index (χ1) is 15.8. The largest absolute Gasteiger partial charge is 0.507 e. The first-order valence-electron chi connectivity index (χ1n) is 10.0. The number of hydrogen-bond donors (Lipinski definition) is 1. The van der Waals surface area contributed by atoms with Crippen LogP contribution in [0.1, 0.15) is 22.7 Å². The molecule has 1 aromatic heterocycles. The van der Waals surface area contributed by atoms with Gasteiger partial charge in [0.2, 0.25) is 0 Å². The van der Waals surface area contributed by atoms with Gasteiger partial charge in [-0.2, -0.15) is 0 Å². The molecule has 164 valence electrons. The minimum absolute atomic E-state index is 0.0587. The van der Waals surface area contributed by atoms with Crippen molar-refractivity contribution >= 4 is 55.7 Å². The van der Waals surface area contributed by atoms with Crippen LogP contribution in [0.2, 0.25) is 5.02 Å². The molecule has 1 saturated heterocycles. The molecule has 2 heterocycles. The Labute approximate surface area is 197 Å². The molecule has 1 aliphatic heterocycles. The van der Waals surface area contributed by atoms with Crippen molar-refractivity contribution in [2.45, 2.75) is 13.0 Å². The van der Waals surface area contributed by atoms with Crippen molar-refractivity contribution < 1.29 is 19.1 Å². The highest BCUT2D eigenvalue weighted by atomic mass is 35.5. The predicted molar refractivity (Wildman–Crippen MR) is 127 cm³/mol. The number of amides is 1. The topological polar surface area (TPSA) is 70.5 Å². The first-order valence-corrected chi connectivity index (χ1v) is 11.2. The van der Waals surface area contributed by atoms with Gasteiger partial charge in [0.15, 0.2) is 5.13 Å². The average Bonchev–Trinajstić information content (AvgIpc) is 3.32. The molecular formula is C25H16ClFN2O3S. The van der Waals surface area contributed by atoms with Gasteiger partial charge in [-0.25, -0.2) is 9.37 Å². The number of benzene rings is 3. The number of aliphatic hydroxyl groups is 1. The number of halogens is 2. The molecule has 33 heavy (non-hydrogen) atoms. The second-order valence-corrected chi connectivity index (χ2v) is 9.14. The van der Waals surface area contributed by atoms with Crippen LogP contribution >= 0.6 is 22.9 Å². The maximum atomic E-state index is 13.7. The summed E-state index contributed by atoms with van der Waals surface area (Å²) in [5.74, 6) is -2.37. The summed E-state index contributed by atoms with van der Waals surface area (Å²) < 4.78 is 14.3. The molecule has 0 radical (unpaired) electrons. The summed E-state index contributed by atoms with van der Waals surface area (Å²) in [6, 6.07) is 16.9. The van der Waals surface area contributed by atoms with Crippen LogP contribution in [0.25, 0.3) is 16.0 Å². The Balaban J connectivity index is 1.74. The van der Waals surface area contributed by atoms with Crippen molar-refractivity contribution in [3.05, 3.63) is 99.8 Å². The van der Waals surface area contributed by atoms with Crippen molar-refractivity contribution in [2.24, 2.45) is 0 Å². The lowest BCUT2D eigenvalue weighted by atomic mass is 9.95. The molecule has 5 rings (SSSR count). The average molecular weight is 479 g/mol. The fourth-order valence-corrected chi connectivity index (χ4v) is 5.09. The third-order valence-corrected chi connectivity index (χ3v) is 6.73. The number of aryl methyl sites for hydroxylation is 1. The lowest BCUT2D eigenvalue weighted by Crippen LogP contribution is -2.29. The number of carbonyl (C=O) groups excluding carboxylic acids is 2. The normalized spacial score (nSPS) is 17.8. The molecule has 0 aliphatic carbocycles. The second kappa shape index (κ2) is 8.10. The zero-order valence-corrected chi connectivity index (χ0v) is 18.8. The summed E-state index contributed by atoms with van der Waals surface area (Å²) in [6.45, 7) is 1.91. The minimum Gasteiger partial charge on any atom is -0.507 e. The van der Waals surface area contributed by atoms with Crippen molar-refractivity contribution in [3.63, 3.8) is 0 Å². The standard InChI is InChI=1S/C25H16ClFN2O3S/c1-13-5-7-14(8-6-13)22(30)20-21(15-3-2-4-16(26)11-15)29(24(32)23(20)31)25-28-18-10-9-17(27)12-19(18)33-25/h2-12,21,30H,1H3/b22-20+/t21-/m0/s1. The predicted octanol–water partition coefficient (Wildman–Crippen LogP) is 6.02. The zero-order valence-electron chi connectivity index (χ0n) is 17.3. The molecule has 0 saturated carbocycles. The molecule has 3 aromatic carbocycles. The molecule has 1 aliphatic rings. The molecular weight excluding hydrogens is 463 g/mol. The second-order valence-electron chi connectivity index (χ2n) is 7.70. The number of aliphatic hydroxyl groups excluding tert-OH is 1. The molecule has 1 amide bonds. The van der Waals surface area contributed by atoms with Crippen molar-refractivity contribution in [1.82, 2.24) is 4.98 Å².